The largest absolute Gasteiger partial charge is 0.326 e. The molecule has 8 heteroatoms. The Bertz CT molecular complexity index is 720. The average molecular weight is 359 g/mol. The van der Waals surface area contributed by atoms with Gasteiger partial charge in [0.2, 0.25) is 5.91 Å². The normalized spacial score (nSPS) is 19.9. The van der Waals surface area contributed by atoms with Gasteiger partial charge >= 0.3 is 6.03 Å². The third-order valence-corrected chi connectivity index (χ3v) is 4.80. The van der Waals surface area contributed by atoms with E-state index in [-0.39, 0.29) is 24.5 Å². The maximum Gasteiger partial charge on any atom is 0.324 e. The van der Waals surface area contributed by atoms with Crippen LogP contribution in [0.4, 0.5) is 14.9 Å². The van der Waals surface area contributed by atoms with Crippen molar-refractivity contribution in [2.45, 2.75) is 18.9 Å². The van der Waals surface area contributed by atoms with Crippen molar-refractivity contribution in [1.29, 1.82) is 5.26 Å². The van der Waals surface area contributed by atoms with E-state index in [1.807, 2.05) is 0 Å². The van der Waals surface area contributed by atoms with Crippen LogP contribution < -0.4 is 10.2 Å². The third kappa shape index (κ3) is 3.78. The first-order valence-corrected chi connectivity index (χ1v) is 8.82. The SMILES string of the molecule is N#C[C@H]1CCCN1C(=O)CNCCN1CCN(c2ccccc2F)C1=O. The minimum absolute atomic E-state index is 0.0882. The molecule has 1 aromatic rings. The molecule has 2 fully saturated rings. The molecule has 1 aromatic carbocycles. The quantitative estimate of drug-likeness (QED) is 0.774. The first kappa shape index (κ1) is 18.1. The van der Waals surface area contributed by atoms with Gasteiger partial charge in [-0.2, -0.15) is 5.26 Å². The summed E-state index contributed by atoms with van der Waals surface area (Å²) >= 11 is 0. The van der Waals surface area contributed by atoms with Crippen molar-refractivity contribution in [1.82, 2.24) is 15.1 Å². The van der Waals surface area contributed by atoms with Crippen molar-refractivity contribution in [3.05, 3.63) is 30.1 Å². The number of urea groups is 1. The number of hydrogen-bond donors (Lipinski definition) is 1. The first-order valence-electron chi connectivity index (χ1n) is 8.82. The molecule has 1 atom stereocenters. The van der Waals surface area contributed by atoms with E-state index < -0.39 is 5.82 Å². The fourth-order valence-electron chi connectivity index (χ4n) is 3.39. The van der Waals surface area contributed by atoms with E-state index in [0.29, 0.717) is 38.4 Å². The summed E-state index contributed by atoms with van der Waals surface area (Å²) < 4.78 is 13.9. The van der Waals surface area contributed by atoms with Crippen molar-refractivity contribution >= 4 is 17.6 Å². The molecule has 2 heterocycles. The van der Waals surface area contributed by atoms with E-state index >= 15 is 0 Å². The predicted octanol–water partition coefficient (Wildman–Crippen LogP) is 1.17. The molecule has 0 spiro atoms. The second-order valence-electron chi connectivity index (χ2n) is 6.42. The summed E-state index contributed by atoms with van der Waals surface area (Å²) in [6, 6.07) is 7.83. The van der Waals surface area contributed by atoms with Crippen LogP contribution in [0.2, 0.25) is 0 Å². The zero-order valence-corrected chi connectivity index (χ0v) is 14.5. The summed E-state index contributed by atoms with van der Waals surface area (Å²) in [4.78, 5) is 29.2. The lowest BCUT2D eigenvalue weighted by Crippen LogP contribution is -2.43. The molecular formula is C18H22FN5O2. The van der Waals surface area contributed by atoms with Crippen LogP contribution >= 0.6 is 0 Å². The number of para-hydroxylation sites is 1. The number of anilines is 1. The van der Waals surface area contributed by atoms with Crippen molar-refractivity contribution < 1.29 is 14.0 Å². The molecule has 0 bridgehead atoms. The molecule has 2 saturated heterocycles. The molecule has 138 valence electrons. The number of nitrogens with zero attached hydrogens (tertiary/aromatic N) is 4. The molecule has 3 amide bonds. The maximum atomic E-state index is 13.9. The van der Waals surface area contributed by atoms with Gasteiger partial charge in [-0.05, 0) is 25.0 Å². The summed E-state index contributed by atoms with van der Waals surface area (Å²) in [5.74, 6) is -0.501. The number of nitrogens with one attached hydrogen (secondary N) is 1. The van der Waals surface area contributed by atoms with Crippen molar-refractivity contribution in [2.24, 2.45) is 0 Å². The lowest BCUT2D eigenvalue weighted by atomic mass is 10.2. The number of rotatable bonds is 6. The van der Waals surface area contributed by atoms with E-state index in [4.69, 9.17) is 5.26 Å². The van der Waals surface area contributed by atoms with E-state index in [9.17, 15) is 14.0 Å². The third-order valence-electron chi connectivity index (χ3n) is 4.80. The number of carbonyl (C=O) groups excluding carboxylic acids is 2. The molecular weight excluding hydrogens is 337 g/mol. The van der Waals surface area contributed by atoms with Gasteiger partial charge in [0, 0.05) is 32.7 Å². The molecule has 0 aromatic heterocycles. The molecule has 2 aliphatic heterocycles. The Hall–Kier alpha value is -2.66. The molecule has 3 rings (SSSR count). The smallest absolute Gasteiger partial charge is 0.324 e. The average Bonchev–Trinajstić information content (AvgIpc) is 3.26. The summed E-state index contributed by atoms with van der Waals surface area (Å²) in [5.41, 5.74) is 0.291. The second-order valence-corrected chi connectivity index (χ2v) is 6.42. The van der Waals surface area contributed by atoms with Gasteiger partial charge in [0.15, 0.2) is 0 Å². The van der Waals surface area contributed by atoms with E-state index in [2.05, 4.69) is 11.4 Å². The van der Waals surface area contributed by atoms with Gasteiger partial charge in [-0.1, -0.05) is 12.1 Å². The molecule has 2 aliphatic rings. The fraction of sp³-hybridized carbons (Fsp3) is 0.500. The standard InChI is InChI=1S/C18H22FN5O2/c19-15-5-1-2-6-16(15)24-11-10-22(18(24)26)9-7-21-13-17(25)23-8-3-4-14(23)12-20/h1-2,5-6,14,21H,3-4,7-11,13H2/t14-/m1/s1. The highest BCUT2D eigenvalue weighted by molar-refractivity contribution is 5.94. The first-order chi connectivity index (χ1) is 12.6. The Morgan fingerprint density at radius 2 is 2.12 bits per heavy atom. The minimum Gasteiger partial charge on any atom is -0.326 e. The van der Waals surface area contributed by atoms with E-state index in [1.54, 1.807) is 28.0 Å². The van der Waals surface area contributed by atoms with Gasteiger partial charge in [-0.3, -0.25) is 9.69 Å². The Kier molecular flexibility index (Phi) is 5.68. The van der Waals surface area contributed by atoms with Crippen LogP contribution in [0.3, 0.4) is 0 Å². The van der Waals surface area contributed by atoms with E-state index in [1.165, 1.54) is 11.0 Å². The fourth-order valence-corrected chi connectivity index (χ4v) is 3.39. The Morgan fingerprint density at radius 1 is 1.31 bits per heavy atom. The number of likely N-dealkylation sites (tertiary alicyclic amines) is 1. The van der Waals surface area contributed by atoms with Crippen molar-refractivity contribution in [2.75, 3.05) is 44.2 Å². The monoisotopic (exact) mass is 359 g/mol. The van der Waals surface area contributed by atoms with Gasteiger partial charge in [0.1, 0.15) is 11.9 Å². The van der Waals surface area contributed by atoms with Crippen LogP contribution in [-0.4, -0.2) is 67.0 Å². The highest BCUT2D eigenvalue weighted by Crippen LogP contribution is 2.23. The maximum absolute atomic E-state index is 13.9. The van der Waals surface area contributed by atoms with Crippen LogP contribution in [0.15, 0.2) is 24.3 Å². The second kappa shape index (κ2) is 8.15. The zero-order chi connectivity index (χ0) is 18.5. The van der Waals surface area contributed by atoms with Gasteiger partial charge in [-0.15, -0.1) is 0 Å². The van der Waals surface area contributed by atoms with Crippen molar-refractivity contribution in [3.63, 3.8) is 0 Å². The summed E-state index contributed by atoms with van der Waals surface area (Å²) in [7, 11) is 0. The molecule has 0 unspecified atom stereocenters. The van der Waals surface area contributed by atoms with Gasteiger partial charge in [0.05, 0.1) is 18.3 Å². The summed E-state index contributed by atoms with van der Waals surface area (Å²) in [6.45, 7) is 2.65. The summed E-state index contributed by atoms with van der Waals surface area (Å²) in [5, 5.41) is 12.1. The summed E-state index contributed by atoms with van der Waals surface area (Å²) in [6.07, 6.45) is 1.59. The minimum atomic E-state index is -0.413. The molecule has 7 nitrogen and oxygen atoms in total. The number of hydrogen-bond acceptors (Lipinski definition) is 4. The Morgan fingerprint density at radius 3 is 2.88 bits per heavy atom. The van der Waals surface area contributed by atoms with E-state index in [0.717, 1.165) is 12.8 Å². The van der Waals surface area contributed by atoms with Crippen molar-refractivity contribution in [3.8, 4) is 6.07 Å². The van der Waals surface area contributed by atoms with Crippen LogP contribution in [0, 0.1) is 17.1 Å². The van der Waals surface area contributed by atoms with Crippen LogP contribution in [0.5, 0.6) is 0 Å². The lowest BCUT2D eigenvalue weighted by Gasteiger charge is -2.21. The number of halogens is 1. The number of nitriles is 1. The number of amides is 3. The van der Waals surface area contributed by atoms with Crippen LogP contribution in [-0.2, 0) is 4.79 Å². The van der Waals surface area contributed by atoms with Gasteiger partial charge < -0.3 is 15.1 Å². The predicted molar refractivity (Wildman–Crippen MR) is 93.9 cm³/mol. The number of benzene rings is 1. The zero-order valence-electron chi connectivity index (χ0n) is 14.5. The lowest BCUT2D eigenvalue weighted by molar-refractivity contribution is -0.130. The Balaban J connectivity index is 1.43. The molecule has 0 radical (unpaired) electrons. The topological polar surface area (TPSA) is 79.7 Å². The highest BCUT2D eigenvalue weighted by Gasteiger charge is 2.31. The molecule has 1 N–H and O–H groups in total. The molecule has 0 saturated carbocycles. The molecule has 0 aliphatic carbocycles. The van der Waals surface area contributed by atoms with Crippen LogP contribution in [0.1, 0.15) is 12.8 Å². The molecule has 26 heavy (non-hydrogen) atoms. The highest BCUT2D eigenvalue weighted by atomic mass is 19.1. The van der Waals surface area contributed by atoms with Crippen LogP contribution in [0.25, 0.3) is 0 Å². The number of carbonyl (C=O) groups is 2. The van der Waals surface area contributed by atoms with Gasteiger partial charge in [-0.25, -0.2) is 9.18 Å². The Labute approximate surface area is 152 Å². The van der Waals surface area contributed by atoms with Gasteiger partial charge in [0.25, 0.3) is 0 Å².